The maximum Gasteiger partial charge on any atom is 0.295 e. The SMILES string of the molecule is CCCCOc1ccc(C2/C(=C(/O)c3ccc4c(c3)OCCO4)C(=O)C(=O)N2CCN(CC)CC)cc1OCC. The minimum Gasteiger partial charge on any atom is -0.507 e. The van der Waals surface area contributed by atoms with Crippen LogP contribution in [-0.2, 0) is 9.59 Å². The molecule has 0 saturated carbocycles. The molecule has 40 heavy (non-hydrogen) atoms. The molecule has 1 N–H and O–H groups in total. The number of ether oxygens (including phenoxy) is 4. The van der Waals surface area contributed by atoms with Gasteiger partial charge in [-0.15, -0.1) is 0 Å². The summed E-state index contributed by atoms with van der Waals surface area (Å²) in [6.07, 6.45) is 1.91. The second kappa shape index (κ2) is 13.6. The van der Waals surface area contributed by atoms with Gasteiger partial charge in [0.05, 0.1) is 24.8 Å². The fourth-order valence-corrected chi connectivity index (χ4v) is 5.00. The van der Waals surface area contributed by atoms with Gasteiger partial charge in [-0.1, -0.05) is 33.3 Å². The van der Waals surface area contributed by atoms with Crippen LogP contribution in [0.25, 0.3) is 5.76 Å². The van der Waals surface area contributed by atoms with Crippen molar-refractivity contribution < 1.29 is 33.6 Å². The van der Waals surface area contributed by atoms with Gasteiger partial charge in [0, 0.05) is 18.7 Å². The Morgan fingerprint density at radius 3 is 2.42 bits per heavy atom. The lowest BCUT2D eigenvalue weighted by molar-refractivity contribution is -0.140. The zero-order valence-corrected chi connectivity index (χ0v) is 23.9. The molecule has 1 atom stereocenters. The summed E-state index contributed by atoms with van der Waals surface area (Å²) in [5, 5.41) is 11.5. The van der Waals surface area contributed by atoms with E-state index in [0.29, 0.717) is 73.6 Å². The molecule has 1 saturated heterocycles. The lowest BCUT2D eigenvalue weighted by Crippen LogP contribution is -2.38. The quantitative estimate of drug-likeness (QED) is 0.164. The second-order valence-electron chi connectivity index (χ2n) is 9.72. The summed E-state index contributed by atoms with van der Waals surface area (Å²) in [6.45, 7) is 12.5. The molecule has 216 valence electrons. The van der Waals surface area contributed by atoms with E-state index in [1.165, 1.54) is 0 Å². The molecule has 9 nitrogen and oxygen atoms in total. The van der Waals surface area contributed by atoms with Crippen LogP contribution < -0.4 is 18.9 Å². The van der Waals surface area contributed by atoms with E-state index in [9.17, 15) is 14.7 Å². The summed E-state index contributed by atoms with van der Waals surface area (Å²) in [6, 6.07) is 9.66. The summed E-state index contributed by atoms with van der Waals surface area (Å²) in [5.41, 5.74) is 1.06. The number of unbranched alkanes of at least 4 members (excludes halogenated alkanes) is 1. The number of hydrogen-bond donors (Lipinski definition) is 1. The Labute approximate surface area is 236 Å². The smallest absolute Gasteiger partial charge is 0.295 e. The van der Waals surface area contributed by atoms with Crippen LogP contribution in [0.15, 0.2) is 42.0 Å². The largest absolute Gasteiger partial charge is 0.507 e. The Morgan fingerprint density at radius 2 is 1.73 bits per heavy atom. The number of likely N-dealkylation sites (tertiary alicyclic amines) is 1. The van der Waals surface area contributed by atoms with Crippen LogP contribution in [0.3, 0.4) is 0 Å². The van der Waals surface area contributed by atoms with Crippen molar-refractivity contribution in [3.8, 4) is 23.0 Å². The van der Waals surface area contributed by atoms with Gasteiger partial charge in [-0.05, 0) is 62.3 Å². The van der Waals surface area contributed by atoms with Crippen LogP contribution >= 0.6 is 0 Å². The topological polar surface area (TPSA) is 97.8 Å². The molecular formula is C31H40N2O7. The molecule has 0 spiro atoms. The molecule has 9 heteroatoms. The van der Waals surface area contributed by atoms with Gasteiger partial charge in [-0.2, -0.15) is 0 Å². The number of aliphatic hydroxyl groups is 1. The lowest BCUT2D eigenvalue weighted by atomic mass is 9.94. The summed E-state index contributed by atoms with van der Waals surface area (Å²) < 4.78 is 23.1. The van der Waals surface area contributed by atoms with E-state index in [1.807, 2.05) is 25.1 Å². The number of ketones is 1. The van der Waals surface area contributed by atoms with Gasteiger partial charge in [0.2, 0.25) is 0 Å². The Morgan fingerprint density at radius 1 is 0.975 bits per heavy atom. The van der Waals surface area contributed by atoms with Crippen LogP contribution in [0.4, 0.5) is 0 Å². The van der Waals surface area contributed by atoms with E-state index < -0.39 is 17.7 Å². The van der Waals surface area contributed by atoms with Gasteiger partial charge in [-0.3, -0.25) is 9.59 Å². The van der Waals surface area contributed by atoms with E-state index in [4.69, 9.17) is 18.9 Å². The Bertz CT molecular complexity index is 1240. The number of hydrogen-bond acceptors (Lipinski definition) is 8. The number of carbonyl (C=O) groups is 2. The molecule has 2 aliphatic rings. The predicted molar refractivity (Wildman–Crippen MR) is 152 cm³/mol. The van der Waals surface area contributed by atoms with Crippen molar-refractivity contribution in [2.24, 2.45) is 0 Å². The van der Waals surface area contributed by atoms with Gasteiger partial charge in [0.15, 0.2) is 23.0 Å². The van der Waals surface area contributed by atoms with Crippen molar-refractivity contribution in [2.75, 3.05) is 52.6 Å². The van der Waals surface area contributed by atoms with Crippen molar-refractivity contribution >= 4 is 17.4 Å². The number of likely N-dealkylation sites (N-methyl/N-ethyl adjacent to an activating group) is 1. The van der Waals surface area contributed by atoms with Crippen LogP contribution in [-0.4, -0.2) is 79.2 Å². The van der Waals surface area contributed by atoms with Crippen molar-refractivity contribution in [3.63, 3.8) is 0 Å². The maximum absolute atomic E-state index is 13.5. The highest BCUT2D eigenvalue weighted by Crippen LogP contribution is 2.43. The molecular weight excluding hydrogens is 512 g/mol. The molecule has 2 aliphatic heterocycles. The first-order valence-electron chi connectivity index (χ1n) is 14.2. The van der Waals surface area contributed by atoms with E-state index in [2.05, 4.69) is 25.7 Å². The molecule has 0 aromatic heterocycles. The average molecular weight is 553 g/mol. The third kappa shape index (κ3) is 6.20. The van der Waals surface area contributed by atoms with E-state index in [1.54, 1.807) is 23.1 Å². The van der Waals surface area contributed by atoms with Crippen LogP contribution in [0.1, 0.15) is 57.7 Å². The molecule has 0 aliphatic carbocycles. The number of Topliss-reactive ketones (excluding diaryl/α,β-unsaturated/α-hetero) is 1. The summed E-state index contributed by atoms with van der Waals surface area (Å²) in [7, 11) is 0. The van der Waals surface area contributed by atoms with E-state index in [0.717, 1.165) is 25.9 Å². The molecule has 2 aromatic rings. The molecule has 2 aromatic carbocycles. The minimum atomic E-state index is -0.798. The van der Waals surface area contributed by atoms with Crippen molar-refractivity contribution in [3.05, 3.63) is 53.1 Å². The fraction of sp³-hybridized carbons (Fsp3) is 0.484. The van der Waals surface area contributed by atoms with Crippen LogP contribution in [0, 0.1) is 0 Å². The number of fused-ring (bicyclic) bond motifs is 1. The van der Waals surface area contributed by atoms with Gasteiger partial charge < -0.3 is 33.9 Å². The normalized spacial score (nSPS) is 17.9. The monoisotopic (exact) mass is 552 g/mol. The molecule has 1 amide bonds. The van der Waals surface area contributed by atoms with Gasteiger partial charge in [0.25, 0.3) is 11.7 Å². The standard InChI is InChI=1S/C31H40N2O7/c1-5-9-16-38-23-12-10-21(19-25(23)37-8-4)28-27(30(35)31(36)33(28)15-14-32(6-2)7-3)29(34)22-11-13-24-26(20-22)40-18-17-39-24/h10-13,19-20,28,34H,5-9,14-18H2,1-4H3/b29-27-. The first kappa shape index (κ1) is 29.3. The van der Waals surface area contributed by atoms with E-state index in [-0.39, 0.29) is 11.3 Å². The minimum absolute atomic E-state index is 0.0309. The summed E-state index contributed by atoms with van der Waals surface area (Å²) in [5.74, 6) is 0.562. The first-order chi connectivity index (χ1) is 19.4. The zero-order chi connectivity index (χ0) is 28.6. The summed E-state index contributed by atoms with van der Waals surface area (Å²) in [4.78, 5) is 30.7. The van der Waals surface area contributed by atoms with E-state index >= 15 is 0 Å². The average Bonchev–Trinajstić information content (AvgIpc) is 3.23. The Hall–Kier alpha value is -3.72. The number of nitrogens with zero attached hydrogens (tertiary/aromatic N) is 2. The Kier molecular flexibility index (Phi) is 9.93. The number of rotatable bonds is 13. The van der Waals surface area contributed by atoms with Crippen LogP contribution in [0.2, 0.25) is 0 Å². The molecule has 4 rings (SSSR count). The fourth-order valence-electron chi connectivity index (χ4n) is 5.00. The van der Waals surface area contributed by atoms with Gasteiger partial charge >= 0.3 is 0 Å². The Balaban J connectivity index is 1.80. The second-order valence-corrected chi connectivity index (χ2v) is 9.72. The number of aliphatic hydroxyl groups excluding tert-OH is 1. The number of carbonyl (C=O) groups excluding carboxylic acids is 2. The highest BCUT2D eigenvalue weighted by molar-refractivity contribution is 6.46. The number of benzene rings is 2. The predicted octanol–water partition coefficient (Wildman–Crippen LogP) is 4.80. The number of amides is 1. The highest BCUT2D eigenvalue weighted by Gasteiger charge is 2.46. The van der Waals surface area contributed by atoms with Crippen molar-refractivity contribution in [1.82, 2.24) is 9.80 Å². The third-order valence-electron chi connectivity index (χ3n) is 7.25. The van der Waals surface area contributed by atoms with Crippen molar-refractivity contribution in [1.29, 1.82) is 0 Å². The van der Waals surface area contributed by atoms with Crippen molar-refractivity contribution in [2.45, 2.75) is 46.6 Å². The molecule has 1 fully saturated rings. The molecule has 1 unspecified atom stereocenters. The maximum atomic E-state index is 13.5. The zero-order valence-electron chi connectivity index (χ0n) is 23.9. The van der Waals surface area contributed by atoms with Gasteiger partial charge in [0.1, 0.15) is 19.0 Å². The first-order valence-corrected chi connectivity index (χ1v) is 14.2. The highest BCUT2D eigenvalue weighted by atomic mass is 16.6. The molecule has 0 bridgehead atoms. The van der Waals surface area contributed by atoms with Gasteiger partial charge in [-0.25, -0.2) is 0 Å². The molecule has 2 heterocycles. The third-order valence-corrected chi connectivity index (χ3v) is 7.25. The van der Waals surface area contributed by atoms with Crippen LogP contribution in [0.5, 0.6) is 23.0 Å². The lowest BCUT2D eigenvalue weighted by Gasteiger charge is -2.28. The summed E-state index contributed by atoms with van der Waals surface area (Å²) >= 11 is 0. The molecule has 0 radical (unpaired) electrons.